The Morgan fingerprint density at radius 2 is 2.23 bits per heavy atom. The number of aryl methyl sites for hydroxylation is 1. The summed E-state index contributed by atoms with van der Waals surface area (Å²) >= 11 is 5.88. The highest BCUT2D eigenvalue weighted by molar-refractivity contribution is 6.18. The van der Waals surface area contributed by atoms with Crippen LogP contribution in [0.3, 0.4) is 0 Å². The molecule has 1 aromatic heterocycles. The molecule has 1 aromatic rings. The summed E-state index contributed by atoms with van der Waals surface area (Å²) in [5.74, 6) is 1.88. The maximum atomic E-state index is 5.88. The molecule has 3 heteroatoms. The molecule has 2 nitrogen and oxygen atoms in total. The van der Waals surface area contributed by atoms with E-state index in [-0.39, 0.29) is 0 Å². The fraction of sp³-hybridized carbons (Fsp3) is 0.700. The number of aromatic nitrogens is 2. The molecule has 0 saturated heterocycles. The van der Waals surface area contributed by atoms with Crippen LogP contribution in [0.25, 0.3) is 0 Å². The highest BCUT2D eigenvalue weighted by Crippen LogP contribution is 2.17. The number of hydrogen-bond acceptors (Lipinski definition) is 1. The van der Waals surface area contributed by atoms with E-state index in [1.165, 1.54) is 0 Å². The Balaban J connectivity index is 2.56. The molecule has 1 rings (SSSR count). The van der Waals surface area contributed by atoms with Gasteiger partial charge in [0, 0.05) is 19.1 Å². The van der Waals surface area contributed by atoms with E-state index in [1.54, 1.807) is 0 Å². The first-order valence-corrected chi connectivity index (χ1v) is 5.21. The molecule has 0 radical (unpaired) electrons. The van der Waals surface area contributed by atoms with E-state index >= 15 is 0 Å². The molecule has 0 aliphatic rings. The zero-order valence-electron chi connectivity index (χ0n) is 8.50. The third kappa shape index (κ3) is 3.03. The van der Waals surface area contributed by atoms with E-state index in [2.05, 4.69) is 25.0 Å². The topological polar surface area (TPSA) is 17.8 Å². The number of hydrogen-bond donors (Lipinski definition) is 0. The first-order valence-electron chi connectivity index (χ1n) is 4.68. The van der Waals surface area contributed by atoms with Crippen LogP contribution >= 0.6 is 11.6 Å². The Hall–Kier alpha value is -0.500. The molecule has 74 valence electrons. The summed E-state index contributed by atoms with van der Waals surface area (Å²) in [5.41, 5.74) is 1.14. The molecule has 1 heterocycles. The second kappa shape index (κ2) is 4.66. The van der Waals surface area contributed by atoms with E-state index in [0.29, 0.717) is 17.7 Å². The molecule has 0 aliphatic carbocycles. The van der Waals surface area contributed by atoms with Gasteiger partial charge in [-0.2, -0.15) is 5.10 Å². The zero-order valence-corrected chi connectivity index (χ0v) is 9.25. The summed E-state index contributed by atoms with van der Waals surface area (Å²) in [6, 6.07) is 2.06. The van der Waals surface area contributed by atoms with E-state index in [4.69, 9.17) is 11.6 Å². The lowest BCUT2D eigenvalue weighted by Gasteiger charge is -2.16. The van der Waals surface area contributed by atoms with E-state index in [1.807, 2.05) is 17.9 Å². The van der Waals surface area contributed by atoms with Crippen molar-refractivity contribution in [2.75, 3.05) is 5.88 Å². The molecule has 0 aromatic carbocycles. The molecule has 0 N–H and O–H groups in total. The lowest BCUT2D eigenvalue weighted by Crippen LogP contribution is -2.14. The average molecular weight is 201 g/mol. The Morgan fingerprint density at radius 1 is 1.54 bits per heavy atom. The van der Waals surface area contributed by atoms with Crippen molar-refractivity contribution in [3.63, 3.8) is 0 Å². The molecular formula is C10H17ClN2. The van der Waals surface area contributed by atoms with E-state index in [0.717, 1.165) is 12.1 Å². The molecule has 0 spiro atoms. The van der Waals surface area contributed by atoms with Crippen LogP contribution in [0.15, 0.2) is 12.3 Å². The first kappa shape index (κ1) is 10.6. The molecule has 0 saturated carbocycles. The Kier molecular flexibility index (Phi) is 3.79. The first-order chi connectivity index (χ1) is 6.13. The van der Waals surface area contributed by atoms with Gasteiger partial charge in [-0.25, -0.2) is 0 Å². The molecule has 0 amide bonds. The Labute approximate surface area is 84.9 Å². The fourth-order valence-electron chi connectivity index (χ4n) is 1.31. The van der Waals surface area contributed by atoms with Crippen LogP contribution in [0.4, 0.5) is 0 Å². The van der Waals surface area contributed by atoms with Gasteiger partial charge in [0.25, 0.3) is 0 Å². The lowest BCUT2D eigenvalue weighted by molar-refractivity contribution is 0.417. The van der Waals surface area contributed by atoms with Crippen molar-refractivity contribution in [3.05, 3.63) is 18.0 Å². The minimum absolute atomic E-state index is 0.538. The smallest absolute Gasteiger partial charge is 0.0627 e. The van der Waals surface area contributed by atoms with Crippen molar-refractivity contribution in [3.8, 4) is 0 Å². The minimum atomic E-state index is 0.538. The van der Waals surface area contributed by atoms with Gasteiger partial charge in [0.15, 0.2) is 0 Å². The van der Waals surface area contributed by atoms with Gasteiger partial charge in [-0.1, -0.05) is 13.8 Å². The number of alkyl halides is 1. The molecule has 1 unspecified atom stereocenters. The number of rotatable bonds is 4. The summed E-state index contributed by atoms with van der Waals surface area (Å²) < 4.78 is 1.83. The van der Waals surface area contributed by atoms with E-state index < -0.39 is 0 Å². The van der Waals surface area contributed by atoms with Crippen molar-refractivity contribution in [1.82, 2.24) is 9.78 Å². The van der Waals surface area contributed by atoms with Gasteiger partial charge in [-0.3, -0.25) is 4.68 Å². The van der Waals surface area contributed by atoms with Gasteiger partial charge >= 0.3 is 0 Å². The third-order valence-electron chi connectivity index (χ3n) is 2.38. The van der Waals surface area contributed by atoms with Crippen LogP contribution in [0.1, 0.15) is 19.5 Å². The average Bonchev–Trinajstić information content (AvgIpc) is 2.46. The maximum absolute atomic E-state index is 5.88. The van der Waals surface area contributed by atoms with Crippen LogP contribution in [-0.4, -0.2) is 15.7 Å². The van der Waals surface area contributed by atoms with Crippen LogP contribution in [0.5, 0.6) is 0 Å². The highest BCUT2D eigenvalue weighted by atomic mass is 35.5. The highest BCUT2D eigenvalue weighted by Gasteiger charge is 2.13. The second-order valence-electron chi connectivity index (χ2n) is 3.84. The van der Waals surface area contributed by atoms with Gasteiger partial charge in [0.05, 0.1) is 5.69 Å². The summed E-state index contributed by atoms with van der Waals surface area (Å²) in [6.45, 7) is 4.41. The zero-order chi connectivity index (χ0) is 9.84. The predicted octanol–water partition coefficient (Wildman–Crippen LogP) is 2.47. The normalized spacial score (nSPS) is 13.6. The second-order valence-corrected chi connectivity index (χ2v) is 4.15. The molecule has 13 heavy (non-hydrogen) atoms. The van der Waals surface area contributed by atoms with Crippen LogP contribution in [-0.2, 0) is 13.5 Å². The number of halogens is 1. The van der Waals surface area contributed by atoms with Gasteiger partial charge in [-0.05, 0) is 24.3 Å². The van der Waals surface area contributed by atoms with Crippen LogP contribution < -0.4 is 0 Å². The summed E-state index contributed by atoms with van der Waals surface area (Å²) in [4.78, 5) is 0. The standard InChI is InChI=1S/C10H17ClN2/c1-8(2)9(7-11)6-10-4-5-13(3)12-10/h4-5,8-9H,6-7H2,1-3H3. The van der Waals surface area contributed by atoms with Gasteiger partial charge in [0.1, 0.15) is 0 Å². The predicted molar refractivity (Wildman–Crippen MR) is 56.0 cm³/mol. The molecule has 0 bridgehead atoms. The van der Waals surface area contributed by atoms with Crippen molar-refractivity contribution >= 4 is 11.6 Å². The van der Waals surface area contributed by atoms with Crippen LogP contribution in [0, 0.1) is 11.8 Å². The number of nitrogens with zero attached hydrogens (tertiary/aromatic N) is 2. The van der Waals surface area contributed by atoms with Gasteiger partial charge in [0.2, 0.25) is 0 Å². The van der Waals surface area contributed by atoms with Crippen molar-refractivity contribution in [2.24, 2.45) is 18.9 Å². The minimum Gasteiger partial charge on any atom is -0.276 e. The quantitative estimate of drug-likeness (QED) is 0.683. The third-order valence-corrected chi connectivity index (χ3v) is 2.78. The van der Waals surface area contributed by atoms with E-state index in [9.17, 15) is 0 Å². The molecule has 0 fully saturated rings. The van der Waals surface area contributed by atoms with Gasteiger partial charge in [-0.15, -0.1) is 11.6 Å². The SMILES string of the molecule is CC(C)C(CCl)Cc1ccn(C)n1. The summed E-state index contributed by atoms with van der Waals surface area (Å²) in [7, 11) is 1.94. The van der Waals surface area contributed by atoms with Crippen molar-refractivity contribution in [1.29, 1.82) is 0 Å². The van der Waals surface area contributed by atoms with Crippen molar-refractivity contribution < 1.29 is 0 Å². The Morgan fingerprint density at radius 3 is 2.62 bits per heavy atom. The molecule has 1 atom stereocenters. The molecular weight excluding hydrogens is 184 g/mol. The monoisotopic (exact) mass is 200 g/mol. The largest absolute Gasteiger partial charge is 0.276 e. The summed E-state index contributed by atoms with van der Waals surface area (Å²) in [6.07, 6.45) is 2.96. The van der Waals surface area contributed by atoms with Crippen molar-refractivity contribution in [2.45, 2.75) is 20.3 Å². The molecule has 0 aliphatic heterocycles. The fourth-order valence-corrected chi connectivity index (χ4v) is 1.77. The maximum Gasteiger partial charge on any atom is 0.0627 e. The van der Waals surface area contributed by atoms with Gasteiger partial charge < -0.3 is 0 Å². The summed E-state index contributed by atoms with van der Waals surface area (Å²) in [5, 5.41) is 4.34. The Bertz CT molecular complexity index is 255. The van der Waals surface area contributed by atoms with Crippen LogP contribution in [0.2, 0.25) is 0 Å². The lowest BCUT2D eigenvalue weighted by atomic mass is 9.93.